The van der Waals surface area contributed by atoms with E-state index in [0.717, 1.165) is 35.4 Å². The van der Waals surface area contributed by atoms with Crippen molar-refractivity contribution in [2.75, 3.05) is 13.1 Å². The van der Waals surface area contributed by atoms with E-state index in [1.165, 1.54) is 6.20 Å². The lowest BCUT2D eigenvalue weighted by Gasteiger charge is -2.44. The SMILES string of the molecule is Cn1ncc2c1-c1ccccc1OC21CCN(C(=O)c2ccnnc2)CC1. The molecule has 27 heavy (non-hydrogen) atoms. The van der Waals surface area contributed by atoms with Crippen molar-refractivity contribution in [3.63, 3.8) is 0 Å². The summed E-state index contributed by atoms with van der Waals surface area (Å²) in [5.74, 6) is 0.870. The van der Waals surface area contributed by atoms with Crippen molar-refractivity contribution in [3.05, 3.63) is 60.0 Å². The lowest BCUT2D eigenvalue weighted by atomic mass is 9.81. The van der Waals surface area contributed by atoms with Crippen LogP contribution in [0.4, 0.5) is 0 Å². The van der Waals surface area contributed by atoms with Crippen molar-refractivity contribution in [3.8, 4) is 17.0 Å². The van der Waals surface area contributed by atoms with Gasteiger partial charge in [-0.3, -0.25) is 9.48 Å². The number of aryl methyl sites for hydroxylation is 1. The van der Waals surface area contributed by atoms with Crippen LogP contribution in [0.1, 0.15) is 28.8 Å². The van der Waals surface area contributed by atoms with Gasteiger partial charge in [0, 0.05) is 44.1 Å². The first kappa shape index (κ1) is 16.0. The van der Waals surface area contributed by atoms with E-state index in [2.05, 4.69) is 21.4 Å². The lowest BCUT2D eigenvalue weighted by molar-refractivity contribution is -0.00174. The van der Waals surface area contributed by atoms with E-state index in [9.17, 15) is 4.79 Å². The van der Waals surface area contributed by atoms with Crippen LogP contribution < -0.4 is 4.74 Å². The van der Waals surface area contributed by atoms with Gasteiger partial charge in [-0.25, -0.2) is 0 Å². The highest BCUT2D eigenvalue weighted by molar-refractivity contribution is 5.93. The smallest absolute Gasteiger partial charge is 0.255 e. The van der Waals surface area contributed by atoms with E-state index in [-0.39, 0.29) is 5.91 Å². The Balaban J connectivity index is 1.45. The van der Waals surface area contributed by atoms with Crippen molar-refractivity contribution in [2.45, 2.75) is 18.4 Å². The highest BCUT2D eigenvalue weighted by Gasteiger charge is 2.45. The van der Waals surface area contributed by atoms with E-state index in [1.807, 2.05) is 41.0 Å². The standard InChI is InChI=1S/C20H19N5O2/c1-24-18-15-4-2-3-5-17(15)27-20(16(18)13-23-24)7-10-25(11-8-20)19(26)14-6-9-21-22-12-14/h2-6,9,12-13H,7-8,10-11H2,1H3. The molecule has 136 valence electrons. The molecule has 0 radical (unpaired) electrons. The summed E-state index contributed by atoms with van der Waals surface area (Å²) in [6, 6.07) is 9.78. The molecule has 1 aromatic carbocycles. The lowest BCUT2D eigenvalue weighted by Crippen LogP contribution is -2.49. The van der Waals surface area contributed by atoms with Gasteiger partial charge in [0.1, 0.15) is 11.4 Å². The molecule has 0 bridgehead atoms. The maximum Gasteiger partial charge on any atom is 0.255 e. The molecule has 4 heterocycles. The number of fused-ring (bicyclic) bond motifs is 4. The molecule has 7 heteroatoms. The number of likely N-dealkylation sites (tertiary alicyclic amines) is 1. The van der Waals surface area contributed by atoms with Crippen LogP contribution in [0.3, 0.4) is 0 Å². The number of carbonyl (C=O) groups excluding carboxylic acids is 1. The number of rotatable bonds is 1. The summed E-state index contributed by atoms with van der Waals surface area (Å²) in [4.78, 5) is 14.6. The van der Waals surface area contributed by atoms with Crippen molar-refractivity contribution in [1.82, 2.24) is 24.9 Å². The summed E-state index contributed by atoms with van der Waals surface area (Å²) in [6.07, 6.45) is 6.42. The topological polar surface area (TPSA) is 73.1 Å². The summed E-state index contributed by atoms with van der Waals surface area (Å²) in [6.45, 7) is 1.25. The first-order chi connectivity index (χ1) is 13.2. The molecule has 2 aliphatic heterocycles. The normalized spacial score (nSPS) is 17.1. The molecule has 1 fully saturated rings. The zero-order chi connectivity index (χ0) is 18.4. The van der Waals surface area contributed by atoms with Crippen LogP contribution in [-0.4, -0.2) is 43.9 Å². The van der Waals surface area contributed by atoms with Crippen molar-refractivity contribution >= 4 is 5.91 Å². The number of piperidine rings is 1. The molecule has 0 unspecified atom stereocenters. The van der Waals surface area contributed by atoms with Crippen LogP contribution in [0.25, 0.3) is 11.3 Å². The van der Waals surface area contributed by atoms with Crippen LogP contribution in [-0.2, 0) is 12.6 Å². The minimum atomic E-state index is -0.439. The fourth-order valence-electron chi connectivity index (χ4n) is 4.15. The maximum absolute atomic E-state index is 12.7. The predicted molar refractivity (Wildman–Crippen MR) is 98.1 cm³/mol. The molecule has 0 saturated carbocycles. The average molecular weight is 361 g/mol. The minimum absolute atomic E-state index is 0.0117. The van der Waals surface area contributed by atoms with Gasteiger partial charge < -0.3 is 9.64 Å². The highest BCUT2D eigenvalue weighted by Crippen LogP contribution is 2.49. The Morgan fingerprint density at radius 2 is 1.93 bits per heavy atom. The molecule has 2 aliphatic rings. The van der Waals surface area contributed by atoms with E-state index >= 15 is 0 Å². The molecule has 0 N–H and O–H groups in total. The highest BCUT2D eigenvalue weighted by atomic mass is 16.5. The molecule has 2 aromatic heterocycles. The monoisotopic (exact) mass is 361 g/mol. The number of hydrogen-bond acceptors (Lipinski definition) is 5. The van der Waals surface area contributed by atoms with Crippen molar-refractivity contribution in [2.24, 2.45) is 7.05 Å². The minimum Gasteiger partial charge on any atom is -0.482 e. The molecule has 3 aromatic rings. The number of aromatic nitrogens is 4. The molecular weight excluding hydrogens is 342 g/mol. The Hall–Kier alpha value is -3.22. The van der Waals surface area contributed by atoms with E-state index in [0.29, 0.717) is 18.7 Å². The first-order valence-corrected chi connectivity index (χ1v) is 9.05. The largest absolute Gasteiger partial charge is 0.482 e. The number of hydrogen-bond donors (Lipinski definition) is 0. The van der Waals surface area contributed by atoms with E-state index in [1.54, 1.807) is 12.3 Å². The van der Waals surface area contributed by atoms with Crippen LogP contribution in [0, 0.1) is 0 Å². The van der Waals surface area contributed by atoms with Gasteiger partial charge in [0.25, 0.3) is 5.91 Å². The first-order valence-electron chi connectivity index (χ1n) is 9.05. The molecule has 0 atom stereocenters. The fraction of sp³-hybridized carbons (Fsp3) is 0.300. The zero-order valence-electron chi connectivity index (χ0n) is 15.0. The zero-order valence-corrected chi connectivity index (χ0v) is 15.0. The Morgan fingerprint density at radius 1 is 1.11 bits per heavy atom. The molecule has 7 nitrogen and oxygen atoms in total. The van der Waals surface area contributed by atoms with Gasteiger partial charge in [-0.15, -0.1) is 0 Å². The van der Waals surface area contributed by atoms with Gasteiger partial charge in [0.15, 0.2) is 0 Å². The number of benzene rings is 1. The van der Waals surface area contributed by atoms with Crippen LogP contribution in [0.15, 0.2) is 48.9 Å². The van der Waals surface area contributed by atoms with Gasteiger partial charge in [-0.05, 0) is 18.2 Å². The fourth-order valence-corrected chi connectivity index (χ4v) is 4.15. The van der Waals surface area contributed by atoms with Gasteiger partial charge in [0.2, 0.25) is 0 Å². The van der Waals surface area contributed by atoms with E-state index in [4.69, 9.17) is 4.74 Å². The molecule has 5 rings (SSSR count). The Bertz CT molecular complexity index is 1010. The summed E-state index contributed by atoms with van der Waals surface area (Å²) < 4.78 is 8.44. The third-order valence-corrected chi connectivity index (χ3v) is 5.57. The summed E-state index contributed by atoms with van der Waals surface area (Å²) in [5, 5.41) is 12.0. The van der Waals surface area contributed by atoms with Crippen LogP contribution >= 0.6 is 0 Å². The Morgan fingerprint density at radius 3 is 2.70 bits per heavy atom. The second-order valence-corrected chi connectivity index (χ2v) is 7.05. The number of nitrogens with zero attached hydrogens (tertiary/aromatic N) is 5. The van der Waals surface area contributed by atoms with Gasteiger partial charge in [-0.1, -0.05) is 12.1 Å². The second-order valence-electron chi connectivity index (χ2n) is 7.05. The predicted octanol–water partition coefficient (Wildman–Crippen LogP) is 2.40. The number of amides is 1. The summed E-state index contributed by atoms with van der Waals surface area (Å²) >= 11 is 0. The number of carbonyl (C=O) groups is 1. The van der Waals surface area contributed by atoms with Crippen molar-refractivity contribution < 1.29 is 9.53 Å². The second kappa shape index (κ2) is 5.90. The third-order valence-electron chi connectivity index (χ3n) is 5.57. The van der Waals surface area contributed by atoms with Gasteiger partial charge in [0.05, 0.1) is 29.8 Å². The number of para-hydroxylation sites is 1. The van der Waals surface area contributed by atoms with Crippen molar-refractivity contribution in [1.29, 1.82) is 0 Å². The Kier molecular flexibility index (Phi) is 3.50. The van der Waals surface area contributed by atoms with Crippen LogP contribution in [0.5, 0.6) is 5.75 Å². The quantitative estimate of drug-likeness (QED) is 0.665. The summed E-state index contributed by atoms with van der Waals surface area (Å²) in [7, 11) is 1.96. The molecule has 1 saturated heterocycles. The van der Waals surface area contributed by atoms with E-state index < -0.39 is 5.60 Å². The van der Waals surface area contributed by atoms with Crippen LogP contribution in [0.2, 0.25) is 0 Å². The van der Waals surface area contributed by atoms with Gasteiger partial charge in [-0.2, -0.15) is 15.3 Å². The number of ether oxygens (including phenoxy) is 1. The van der Waals surface area contributed by atoms with Gasteiger partial charge >= 0.3 is 0 Å². The third kappa shape index (κ3) is 2.42. The summed E-state index contributed by atoms with van der Waals surface area (Å²) in [5.41, 5.74) is 3.42. The maximum atomic E-state index is 12.7. The molecule has 1 spiro atoms. The molecular formula is C20H19N5O2. The molecule has 0 aliphatic carbocycles. The average Bonchev–Trinajstić information content (AvgIpc) is 3.12. The Labute approximate surface area is 156 Å². The molecule has 1 amide bonds.